The van der Waals surface area contributed by atoms with E-state index in [1.807, 2.05) is 54.6 Å². The largest absolute Gasteiger partial charge is 0.493 e. The van der Waals surface area contributed by atoms with Crippen LogP contribution in [-0.2, 0) is 29.1 Å². The van der Waals surface area contributed by atoms with Crippen molar-refractivity contribution in [2.45, 2.75) is 51.7 Å². The number of aliphatic hydroxyl groups excluding tert-OH is 1. The molecule has 252 valence electrons. The maximum Gasteiger partial charge on any atom is 0.355 e. The molecule has 3 heterocycles. The maximum absolute atomic E-state index is 13.2. The van der Waals surface area contributed by atoms with Gasteiger partial charge in [-0.1, -0.05) is 66.7 Å². The van der Waals surface area contributed by atoms with Gasteiger partial charge in [-0.3, -0.25) is 5.10 Å². The van der Waals surface area contributed by atoms with Crippen LogP contribution >= 0.6 is 0 Å². The summed E-state index contributed by atoms with van der Waals surface area (Å²) in [6, 6.07) is 28.4. The molecule has 0 amide bonds. The van der Waals surface area contributed by atoms with E-state index in [4.69, 9.17) is 18.9 Å². The van der Waals surface area contributed by atoms with E-state index in [-0.39, 0.29) is 19.8 Å². The molecule has 1 saturated heterocycles. The van der Waals surface area contributed by atoms with Crippen molar-refractivity contribution >= 4 is 27.6 Å². The smallest absolute Gasteiger partial charge is 0.355 e. The van der Waals surface area contributed by atoms with E-state index < -0.39 is 5.97 Å². The van der Waals surface area contributed by atoms with Gasteiger partial charge in [0.05, 0.1) is 36.7 Å². The van der Waals surface area contributed by atoms with Crippen molar-refractivity contribution < 1.29 is 28.8 Å². The van der Waals surface area contributed by atoms with E-state index in [1.165, 1.54) is 5.56 Å². The minimum absolute atomic E-state index is 0.221. The molecule has 6 aromatic rings. The highest BCUT2D eigenvalue weighted by Crippen LogP contribution is 2.37. The fraction of sp³-hybridized carbons (Fsp3) is 0.300. The fourth-order valence-corrected chi connectivity index (χ4v) is 6.85. The first kappa shape index (κ1) is 32.4. The molecule has 9 nitrogen and oxygen atoms in total. The monoisotopic (exact) mass is 659 g/mol. The lowest BCUT2D eigenvalue weighted by atomic mass is 9.92. The second-order valence-corrected chi connectivity index (χ2v) is 12.3. The van der Waals surface area contributed by atoms with Crippen molar-refractivity contribution in [3.63, 3.8) is 0 Å². The molecular weight excluding hydrogens is 618 g/mol. The number of benzene rings is 4. The number of nitrogens with zero attached hydrogens (tertiary/aromatic N) is 1. The lowest BCUT2D eigenvalue weighted by Gasteiger charge is -2.22. The number of aromatic nitrogens is 3. The van der Waals surface area contributed by atoms with E-state index in [2.05, 4.69) is 45.5 Å². The Morgan fingerprint density at radius 1 is 0.939 bits per heavy atom. The van der Waals surface area contributed by atoms with Crippen molar-refractivity contribution in [3.8, 4) is 22.6 Å². The highest BCUT2D eigenvalue weighted by atomic mass is 16.5. The third-order valence-corrected chi connectivity index (χ3v) is 9.29. The highest BCUT2D eigenvalue weighted by Gasteiger charge is 2.24. The molecule has 1 aliphatic rings. The third kappa shape index (κ3) is 6.90. The van der Waals surface area contributed by atoms with E-state index in [9.17, 15) is 9.90 Å². The predicted octanol–water partition coefficient (Wildman–Crippen LogP) is 7.86. The van der Waals surface area contributed by atoms with E-state index in [0.717, 1.165) is 81.6 Å². The first-order valence-corrected chi connectivity index (χ1v) is 17.0. The summed E-state index contributed by atoms with van der Waals surface area (Å²) in [6.07, 6.45) is 3.35. The Morgan fingerprint density at radius 2 is 1.71 bits per heavy atom. The molecule has 1 fully saturated rings. The van der Waals surface area contributed by atoms with Crippen LogP contribution in [0.15, 0.2) is 84.9 Å². The summed E-state index contributed by atoms with van der Waals surface area (Å²) in [5, 5.41) is 20.9. The Bertz CT molecular complexity index is 2040. The maximum atomic E-state index is 13.2. The minimum atomic E-state index is -0.406. The molecule has 0 radical (unpaired) electrons. The van der Waals surface area contributed by atoms with Gasteiger partial charge in [-0.2, -0.15) is 5.10 Å². The Morgan fingerprint density at radius 3 is 2.53 bits per heavy atom. The summed E-state index contributed by atoms with van der Waals surface area (Å²) in [7, 11) is 0. The van der Waals surface area contributed by atoms with Crippen LogP contribution < -0.4 is 9.47 Å². The molecule has 0 atom stereocenters. The number of aliphatic hydroxyl groups is 1. The van der Waals surface area contributed by atoms with Gasteiger partial charge in [0.25, 0.3) is 0 Å². The SMILES string of the molecule is CCOC(=O)c1[nH]c2c(-c3c(CO)n[nH]c3COc3ccc(C4CCOCC4)cc3)cccc2c1CCCOc1cccc2ccccc12. The molecule has 0 unspecified atom stereocenters. The third-order valence-electron chi connectivity index (χ3n) is 9.29. The molecule has 0 aliphatic carbocycles. The summed E-state index contributed by atoms with van der Waals surface area (Å²) in [4.78, 5) is 16.6. The van der Waals surface area contributed by atoms with Crippen LogP contribution in [0.5, 0.6) is 11.5 Å². The zero-order valence-corrected chi connectivity index (χ0v) is 27.7. The number of esters is 1. The number of hydrogen-bond donors (Lipinski definition) is 3. The van der Waals surface area contributed by atoms with Crippen LogP contribution in [-0.4, -0.2) is 52.7 Å². The Labute approximate surface area is 285 Å². The number of H-pyrrole nitrogens is 2. The molecule has 1 aliphatic heterocycles. The molecular formula is C40H41N3O6. The zero-order valence-electron chi connectivity index (χ0n) is 27.7. The Hall–Kier alpha value is -5.12. The quantitative estimate of drug-likeness (QED) is 0.0853. The van der Waals surface area contributed by atoms with E-state index >= 15 is 0 Å². The molecule has 0 bridgehead atoms. The summed E-state index contributed by atoms with van der Waals surface area (Å²) < 4.78 is 23.4. The average Bonchev–Trinajstić information content (AvgIpc) is 3.74. The number of carbonyl (C=O) groups is 1. The number of para-hydroxylation sites is 1. The molecule has 49 heavy (non-hydrogen) atoms. The van der Waals surface area contributed by atoms with Gasteiger partial charge in [0, 0.05) is 35.1 Å². The predicted molar refractivity (Wildman–Crippen MR) is 189 cm³/mol. The zero-order chi connectivity index (χ0) is 33.6. The van der Waals surface area contributed by atoms with Gasteiger partial charge in [0.1, 0.15) is 23.8 Å². The molecule has 7 rings (SSSR count). The first-order chi connectivity index (χ1) is 24.1. The normalized spacial score (nSPS) is 13.6. The number of aromatic amines is 2. The standard InChI is InChI=1S/C40H41N3O6/c1-2-47-40(45)39-32(13-7-21-48-36-14-5-9-28-8-3-4-10-30(28)36)31-11-6-12-33(38(31)41-39)37-34(24-44)42-43-35(37)25-49-29-17-15-26(16-18-29)27-19-22-46-23-20-27/h3-6,8-12,14-18,27,41,44H,2,7,13,19-25H2,1H3,(H,42,43). The topological polar surface area (TPSA) is 119 Å². The molecule has 4 aromatic carbocycles. The van der Waals surface area contributed by atoms with Crippen molar-refractivity contribution in [1.29, 1.82) is 0 Å². The van der Waals surface area contributed by atoms with Gasteiger partial charge in [0.15, 0.2) is 0 Å². The van der Waals surface area contributed by atoms with Gasteiger partial charge in [0.2, 0.25) is 0 Å². The number of ether oxygens (including phenoxy) is 4. The van der Waals surface area contributed by atoms with Gasteiger partial charge in [-0.05, 0) is 73.2 Å². The van der Waals surface area contributed by atoms with Crippen LogP contribution in [0.4, 0.5) is 0 Å². The average molecular weight is 660 g/mol. The number of hydrogen-bond acceptors (Lipinski definition) is 7. The van der Waals surface area contributed by atoms with E-state index in [0.29, 0.717) is 36.8 Å². The molecule has 2 aromatic heterocycles. The Kier molecular flexibility index (Phi) is 9.91. The van der Waals surface area contributed by atoms with Crippen molar-refractivity contribution in [2.24, 2.45) is 0 Å². The van der Waals surface area contributed by atoms with Gasteiger partial charge < -0.3 is 29.0 Å². The summed E-state index contributed by atoms with van der Waals surface area (Å²) >= 11 is 0. The summed E-state index contributed by atoms with van der Waals surface area (Å²) in [6.45, 7) is 4.11. The summed E-state index contributed by atoms with van der Waals surface area (Å²) in [5.74, 6) is 1.69. The highest BCUT2D eigenvalue weighted by molar-refractivity contribution is 6.04. The van der Waals surface area contributed by atoms with Crippen molar-refractivity contribution in [3.05, 3.63) is 113 Å². The number of aryl methyl sites for hydroxylation is 1. The van der Waals surface area contributed by atoms with Crippen molar-refractivity contribution in [1.82, 2.24) is 15.2 Å². The molecule has 9 heteroatoms. The first-order valence-electron chi connectivity index (χ1n) is 17.0. The lowest BCUT2D eigenvalue weighted by molar-refractivity contribution is 0.0519. The van der Waals surface area contributed by atoms with Gasteiger partial charge >= 0.3 is 5.97 Å². The number of nitrogens with one attached hydrogen (secondary N) is 2. The van der Waals surface area contributed by atoms with Crippen LogP contribution in [0, 0.1) is 0 Å². The number of rotatable bonds is 13. The lowest BCUT2D eigenvalue weighted by Crippen LogP contribution is -2.13. The molecule has 0 spiro atoms. The second-order valence-electron chi connectivity index (χ2n) is 12.3. The minimum Gasteiger partial charge on any atom is -0.493 e. The molecule has 3 N–H and O–H groups in total. The van der Waals surface area contributed by atoms with Crippen LogP contribution in [0.2, 0.25) is 0 Å². The van der Waals surface area contributed by atoms with Crippen LogP contribution in [0.3, 0.4) is 0 Å². The molecule has 0 saturated carbocycles. The second kappa shape index (κ2) is 15.0. The van der Waals surface area contributed by atoms with E-state index in [1.54, 1.807) is 6.92 Å². The van der Waals surface area contributed by atoms with Crippen LogP contribution in [0.25, 0.3) is 32.8 Å². The Balaban J connectivity index is 1.14. The van der Waals surface area contributed by atoms with Crippen molar-refractivity contribution in [2.75, 3.05) is 26.4 Å². The van der Waals surface area contributed by atoms with Crippen LogP contribution in [0.1, 0.15) is 65.1 Å². The number of carbonyl (C=O) groups excluding carboxylic acids is 1. The van der Waals surface area contributed by atoms with Gasteiger partial charge in [-0.15, -0.1) is 0 Å². The van der Waals surface area contributed by atoms with Gasteiger partial charge in [-0.25, -0.2) is 4.79 Å². The summed E-state index contributed by atoms with van der Waals surface area (Å²) in [5.41, 5.74) is 6.14. The fourth-order valence-electron chi connectivity index (χ4n) is 6.85. The number of fused-ring (bicyclic) bond motifs is 2.